The molecule has 0 atom stereocenters. The SMILES string of the molecule is Brc1ccc(-c2ccc(-c3ccccn3)cn2)cn1. The lowest BCUT2D eigenvalue weighted by Crippen LogP contribution is -1.87. The van der Waals surface area contributed by atoms with Gasteiger partial charge in [0.2, 0.25) is 0 Å². The number of rotatable bonds is 2. The standard InChI is InChI=1S/C15H10BrN3/c16-15-7-5-12(10-19-15)14-6-4-11(9-18-14)13-3-1-2-8-17-13/h1-10H. The monoisotopic (exact) mass is 311 g/mol. The second-order valence-corrected chi connectivity index (χ2v) is 4.83. The molecular formula is C15H10BrN3. The highest BCUT2D eigenvalue weighted by molar-refractivity contribution is 9.10. The van der Waals surface area contributed by atoms with E-state index in [1.165, 1.54) is 0 Å². The molecule has 0 spiro atoms. The van der Waals surface area contributed by atoms with Crippen LogP contribution < -0.4 is 0 Å². The number of halogens is 1. The Morgan fingerprint density at radius 2 is 1.42 bits per heavy atom. The molecule has 0 aromatic carbocycles. The molecule has 3 aromatic rings. The lowest BCUT2D eigenvalue weighted by atomic mass is 10.1. The van der Waals surface area contributed by atoms with E-state index in [2.05, 4.69) is 30.9 Å². The Kier molecular flexibility index (Phi) is 3.33. The zero-order valence-corrected chi connectivity index (χ0v) is 11.6. The Hall–Kier alpha value is -2.07. The zero-order valence-electron chi connectivity index (χ0n) is 9.99. The summed E-state index contributed by atoms with van der Waals surface area (Å²) >= 11 is 3.32. The van der Waals surface area contributed by atoms with Gasteiger partial charge in [0.25, 0.3) is 0 Å². The smallest absolute Gasteiger partial charge is 0.106 e. The molecule has 3 rings (SSSR count). The summed E-state index contributed by atoms with van der Waals surface area (Å²) in [6.45, 7) is 0. The molecule has 19 heavy (non-hydrogen) atoms. The average Bonchev–Trinajstić information content (AvgIpc) is 2.49. The first-order valence-corrected chi connectivity index (χ1v) is 6.61. The number of hydrogen-bond donors (Lipinski definition) is 0. The van der Waals surface area contributed by atoms with Gasteiger partial charge in [-0.2, -0.15) is 0 Å². The quantitative estimate of drug-likeness (QED) is 0.672. The van der Waals surface area contributed by atoms with Crippen LogP contribution in [0.4, 0.5) is 0 Å². The van der Waals surface area contributed by atoms with Crippen LogP contribution in [0.15, 0.2) is 65.7 Å². The Balaban J connectivity index is 1.93. The van der Waals surface area contributed by atoms with Crippen LogP contribution in [-0.2, 0) is 0 Å². The molecule has 0 amide bonds. The molecule has 3 aromatic heterocycles. The van der Waals surface area contributed by atoms with Gasteiger partial charge in [-0.05, 0) is 52.3 Å². The van der Waals surface area contributed by atoms with Crippen LogP contribution in [0.1, 0.15) is 0 Å². The molecule has 92 valence electrons. The lowest BCUT2D eigenvalue weighted by molar-refractivity contribution is 1.24. The third kappa shape index (κ3) is 2.69. The van der Waals surface area contributed by atoms with Crippen molar-refractivity contribution in [2.75, 3.05) is 0 Å². The fourth-order valence-electron chi connectivity index (χ4n) is 1.78. The van der Waals surface area contributed by atoms with Crippen molar-refractivity contribution in [3.8, 4) is 22.5 Å². The van der Waals surface area contributed by atoms with E-state index in [1.54, 1.807) is 12.4 Å². The van der Waals surface area contributed by atoms with Crippen LogP contribution in [-0.4, -0.2) is 15.0 Å². The maximum absolute atomic E-state index is 4.46. The highest BCUT2D eigenvalue weighted by Gasteiger charge is 2.02. The third-order valence-electron chi connectivity index (χ3n) is 2.75. The number of pyridine rings is 3. The molecule has 3 heterocycles. The van der Waals surface area contributed by atoms with Crippen molar-refractivity contribution >= 4 is 15.9 Å². The van der Waals surface area contributed by atoms with Crippen molar-refractivity contribution in [2.45, 2.75) is 0 Å². The molecule has 0 aliphatic heterocycles. The second-order valence-electron chi connectivity index (χ2n) is 4.02. The van der Waals surface area contributed by atoms with Gasteiger partial charge in [0.15, 0.2) is 0 Å². The second kappa shape index (κ2) is 5.28. The van der Waals surface area contributed by atoms with Crippen LogP contribution in [0.2, 0.25) is 0 Å². The average molecular weight is 312 g/mol. The summed E-state index contributed by atoms with van der Waals surface area (Å²) in [5.41, 5.74) is 3.83. The summed E-state index contributed by atoms with van der Waals surface area (Å²) in [4.78, 5) is 13.0. The highest BCUT2D eigenvalue weighted by Crippen LogP contribution is 2.21. The van der Waals surface area contributed by atoms with Crippen LogP contribution in [0.5, 0.6) is 0 Å². The zero-order chi connectivity index (χ0) is 13.1. The molecule has 0 unspecified atom stereocenters. The highest BCUT2D eigenvalue weighted by atomic mass is 79.9. The van der Waals surface area contributed by atoms with Gasteiger partial charge in [-0.25, -0.2) is 4.98 Å². The van der Waals surface area contributed by atoms with E-state index in [1.807, 2.05) is 48.7 Å². The minimum absolute atomic E-state index is 0.821. The van der Waals surface area contributed by atoms with Crippen molar-refractivity contribution < 1.29 is 0 Å². The minimum atomic E-state index is 0.821. The van der Waals surface area contributed by atoms with E-state index in [0.29, 0.717) is 0 Å². The van der Waals surface area contributed by atoms with Crippen molar-refractivity contribution in [3.05, 3.63) is 65.7 Å². The van der Waals surface area contributed by atoms with Gasteiger partial charge in [-0.15, -0.1) is 0 Å². The summed E-state index contributed by atoms with van der Waals surface area (Å²) in [6.07, 6.45) is 5.41. The Labute approximate surface area is 119 Å². The largest absolute Gasteiger partial charge is 0.256 e. The normalized spacial score (nSPS) is 10.4. The molecule has 0 N–H and O–H groups in total. The molecule has 0 saturated heterocycles. The Bertz CT molecular complexity index is 664. The number of aromatic nitrogens is 3. The lowest BCUT2D eigenvalue weighted by Gasteiger charge is -2.03. The predicted octanol–water partition coefficient (Wildman–Crippen LogP) is 3.97. The first kappa shape index (κ1) is 12.0. The Morgan fingerprint density at radius 1 is 0.684 bits per heavy atom. The number of hydrogen-bond acceptors (Lipinski definition) is 3. The van der Waals surface area contributed by atoms with Gasteiger partial charge in [-0.3, -0.25) is 9.97 Å². The summed E-state index contributed by atoms with van der Waals surface area (Å²) in [7, 11) is 0. The van der Waals surface area contributed by atoms with Crippen LogP contribution >= 0.6 is 15.9 Å². The summed E-state index contributed by atoms with van der Waals surface area (Å²) in [6, 6.07) is 13.7. The fraction of sp³-hybridized carbons (Fsp3) is 0. The van der Waals surface area contributed by atoms with E-state index in [0.717, 1.165) is 27.1 Å². The third-order valence-corrected chi connectivity index (χ3v) is 3.22. The van der Waals surface area contributed by atoms with Gasteiger partial charge < -0.3 is 0 Å². The molecule has 4 heteroatoms. The van der Waals surface area contributed by atoms with Gasteiger partial charge in [-0.1, -0.05) is 6.07 Å². The maximum atomic E-state index is 4.46. The first-order chi connectivity index (χ1) is 9.33. The number of nitrogens with zero attached hydrogens (tertiary/aromatic N) is 3. The molecule has 0 radical (unpaired) electrons. The predicted molar refractivity (Wildman–Crippen MR) is 78.4 cm³/mol. The van der Waals surface area contributed by atoms with Crippen LogP contribution in [0.3, 0.4) is 0 Å². The van der Waals surface area contributed by atoms with Gasteiger partial charge in [0.1, 0.15) is 4.60 Å². The topological polar surface area (TPSA) is 38.7 Å². The van der Waals surface area contributed by atoms with E-state index in [4.69, 9.17) is 0 Å². The Morgan fingerprint density at radius 3 is 2.00 bits per heavy atom. The molecule has 0 aliphatic rings. The first-order valence-electron chi connectivity index (χ1n) is 5.82. The summed E-state index contributed by atoms with van der Waals surface area (Å²) < 4.78 is 0.821. The molecule has 0 aliphatic carbocycles. The van der Waals surface area contributed by atoms with E-state index >= 15 is 0 Å². The maximum Gasteiger partial charge on any atom is 0.106 e. The van der Waals surface area contributed by atoms with Crippen LogP contribution in [0, 0.1) is 0 Å². The summed E-state index contributed by atoms with van der Waals surface area (Å²) in [5.74, 6) is 0. The van der Waals surface area contributed by atoms with E-state index < -0.39 is 0 Å². The molecule has 3 nitrogen and oxygen atoms in total. The molecule has 0 fully saturated rings. The van der Waals surface area contributed by atoms with Crippen molar-refractivity contribution in [3.63, 3.8) is 0 Å². The summed E-state index contributed by atoms with van der Waals surface area (Å²) in [5, 5.41) is 0. The fourth-order valence-corrected chi connectivity index (χ4v) is 2.01. The minimum Gasteiger partial charge on any atom is -0.256 e. The van der Waals surface area contributed by atoms with Gasteiger partial charge in [0, 0.05) is 29.7 Å². The van der Waals surface area contributed by atoms with Gasteiger partial charge >= 0.3 is 0 Å². The molecular weight excluding hydrogens is 302 g/mol. The van der Waals surface area contributed by atoms with E-state index in [-0.39, 0.29) is 0 Å². The van der Waals surface area contributed by atoms with Crippen molar-refractivity contribution in [2.24, 2.45) is 0 Å². The molecule has 0 saturated carbocycles. The van der Waals surface area contributed by atoms with Crippen molar-refractivity contribution in [1.82, 2.24) is 15.0 Å². The van der Waals surface area contributed by atoms with Crippen molar-refractivity contribution in [1.29, 1.82) is 0 Å². The van der Waals surface area contributed by atoms with Gasteiger partial charge in [0.05, 0.1) is 11.4 Å². The van der Waals surface area contributed by atoms with Crippen LogP contribution in [0.25, 0.3) is 22.5 Å². The van der Waals surface area contributed by atoms with E-state index in [9.17, 15) is 0 Å². The molecule has 0 bridgehead atoms.